The number of aromatic nitrogens is 2. The first kappa shape index (κ1) is 9.32. The molecule has 1 N–H and O–H groups in total. The van der Waals surface area contributed by atoms with Crippen LogP contribution in [-0.4, -0.2) is 28.5 Å². The summed E-state index contributed by atoms with van der Waals surface area (Å²) in [6.45, 7) is 2.84. The minimum atomic E-state index is 0.809. The second-order valence-corrected chi connectivity index (χ2v) is 3.39. The Morgan fingerprint density at radius 1 is 1.58 bits per heavy atom. The van der Waals surface area contributed by atoms with Crippen LogP contribution in [0.1, 0.15) is 5.82 Å². The highest BCUT2D eigenvalue weighted by molar-refractivity contribution is 7.98. The lowest BCUT2D eigenvalue weighted by molar-refractivity contribution is 1.04. The van der Waals surface area contributed by atoms with Crippen LogP contribution in [-0.2, 0) is 0 Å². The van der Waals surface area contributed by atoms with Gasteiger partial charge in [0.25, 0.3) is 0 Å². The van der Waals surface area contributed by atoms with Gasteiger partial charge in [0.05, 0.1) is 0 Å². The molecule has 1 aromatic heterocycles. The highest BCUT2D eigenvalue weighted by Gasteiger charge is 1.92. The molecule has 4 heteroatoms. The van der Waals surface area contributed by atoms with Gasteiger partial charge in [-0.05, 0) is 19.2 Å². The van der Waals surface area contributed by atoms with Crippen LogP contribution in [0.5, 0.6) is 0 Å². The van der Waals surface area contributed by atoms with Crippen LogP contribution in [0.4, 0.5) is 5.82 Å². The lowest BCUT2D eigenvalue weighted by Crippen LogP contribution is -2.06. The van der Waals surface area contributed by atoms with E-state index in [4.69, 9.17) is 0 Å². The molecule has 3 nitrogen and oxygen atoms in total. The van der Waals surface area contributed by atoms with Gasteiger partial charge in [-0.25, -0.2) is 9.97 Å². The predicted octanol–water partition coefficient (Wildman–Crippen LogP) is 1.56. The minimum Gasteiger partial charge on any atom is -0.369 e. The molecule has 0 aliphatic rings. The number of nitrogens with zero attached hydrogens (tertiary/aromatic N) is 2. The first-order valence-electron chi connectivity index (χ1n) is 3.85. The first-order valence-corrected chi connectivity index (χ1v) is 5.25. The highest BCUT2D eigenvalue weighted by atomic mass is 32.2. The van der Waals surface area contributed by atoms with Gasteiger partial charge in [-0.3, -0.25) is 0 Å². The standard InChI is InChI=1S/C8H13N3S/c1-7-9-4-3-8(11-7)10-5-6-12-2/h3-4H,5-6H2,1-2H3,(H,9,10,11). The van der Waals surface area contributed by atoms with Crippen LogP contribution in [0.3, 0.4) is 0 Å². The minimum absolute atomic E-state index is 0.809. The lowest BCUT2D eigenvalue weighted by Gasteiger charge is -2.03. The molecule has 0 fully saturated rings. The zero-order chi connectivity index (χ0) is 8.81. The van der Waals surface area contributed by atoms with E-state index in [0.29, 0.717) is 0 Å². The summed E-state index contributed by atoms with van der Waals surface area (Å²) in [4.78, 5) is 8.23. The zero-order valence-corrected chi connectivity index (χ0v) is 8.19. The fourth-order valence-electron chi connectivity index (χ4n) is 0.836. The number of rotatable bonds is 4. The highest BCUT2D eigenvalue weighted by Crippen LogP contribution is 2.01. The maximum Gasteiger partial charge on any atom is 0.129 e. The van der Waals surface area contributed by atoms with Crippen molar-refractivity contribution in [3.05, 3.63) is 18.1 Å². The molecule has 1 aromatic rings. The molecular weight excluding hydrogens is 170 g/mol. The summed E-state index contributed by atoms with van der Waals surface area (Å²) in [5.41, 5.74) is 0. The van der Waals surface area contributed by atoms with Gasteiger partial charge in [-0.15, -0.1) is 0 Å². The van der Waals surface area contributed by atoms with Gasteiger partial charge in [0.2, 0.25) is 0 Å². The summed E-state index contributed by atoms with van der Waals surface area (Å²) in [5, 5.41) is 3.21. The van der Waals surface area contributed by atoms with Crippen molar-refractivity contribution in [2.75, 3.05) is 23.9 Å². The largest absolute Gasteiger partial charge is 0.369 e. The lowest BCUT2D eigenvalue weighted by atomic mass is 10.5. The molecule has 0 radical (unpaired) electrons. The van der Waals surface area contributed by atoms with Gasteiger partial charge < -0.3 is 5.32 Å². The van der Waals surface area contributed by atoms with Crippen LogP contribution in [0.15, 0.2) is 12.3 Å². The molecule has 1 heterocycles. The Morgan fingerprint density at radius 2 is 2.42 bits per heavy atom. The number of hydrogen-bond acceptors (Lipinski definition) is 4. The van der Waals surface area contributed by atoms with E-state index >= 15 is 0 Å². The zero-order valence-electron chi connectivity index (χ0n) is 7.37. The monoisotopic (exact) mass is 183 g/mol. The van der Waals surface area contributed by atoms with Gasteiger partial charge in [-0.2, -0.15) is 11.8 Å². The Morgan fingerprint density at radius 3 is 3.08 bits per heavy atom. The van der Waals surface area contributed by atoms with E-state index in [-0.39, 0.29) is 0 Å². The molecule has 0 atom stereocenters. The van der Waals surface area contributed by atoms with Crippen molar-refractivity contribution in [3.63, 3.8) is 0 Å². The number of thioether (sulfide) groups is 1. The van der Waals surface area contributed by atoms with E-state index in [9.17, 15) is 0 Å². The molecule has 1 rings (SSSR count). The van der Waals surface area contributed by atoms with Crippen LogP contribution < -0.4 is 5.32 Å². The number of hydrogen-bond donors (Lipinski definition) is 1. The van der Waals surface area contributed by atoms with E-state index in [0.717, 1.165) is 23.9 Å². The average Bonchev–Trinajstić information content (AvgIpc) is 2.05. The maximum atomic E-state index is 4.21. The van der Waals surface area contributed by atoms with Crippen molar-refractivity contribution >= 4 is 17.6 Å². The summed E-state index contributed by atoms with van der Waals surface area (Å²) < 4.78 is 0. The smallest absolute Gasteiger partial charge is 0.129 e. The fourth-order valence-corrected chi connectivity index (χ4v) is 1.14. The number of anilines is 1. The molecule has 0 amide bonds. The number of nitrogens with one attached hydrogen (secondary N) is 1. The van der Waals surface area contributed by atoms with Gasteiger partial charge >= 0.3 is 0 Å². The third-order valence-corrected chi connectivity index (χ3v) is 2.00. The van der Waals surface area contributed by atoms with Gasteiger partial charge in [-0.1, -0.05) is 0 Å². The molecule has 0 saturated heterocycles. The molecule has 0 bridgehead atoms. The average molecular weight is 183 g/mol. The molecule has 0 aliphatic heterocycles. The van der Waals surface area contributed by atoms with Crippen molar-refractivity contribution in [2.45, 2.75) is 6.92 Å². The molecule has 0 unspecified atom stereocenters. The van der Waals surface area contributed by atoms with Crippen LogP contribution >= 0.6 is 11.8 Å². The second-order valence-electron chi connectivity index (χ2n) is 2.41. The van der Waals surface area contributed by atoms with Crippen LogP contribution in [0, 0.1) is 6.92 Å². The summed E-state index contributed by atoms with van der Waals surface area (Å²) >= 11 is 1.82. The third-order valence-electron chi connectivity index (χ3n) is 1.39. The molecule has 12 heavy (non-hydrogen) atoms. The Kier molecular flexibility index (Phi) is 3.87. The molecule has 0 aliphatic carbocycles. The van der Waals surface area contributed by atoms with Gasteiger partial charge in [0.15, 0.2) is 0 Å². The first-order chi connectivity index (χ1) is 5.83. The predicted molar refractivity (Wildman–Crippen MR) is 53.6 cm³/mol. The van der Waals surface area contributed by atoms with Crippen LogP contribution in [0.2, 0.25) is 0 Å². The topological polar surface area (TPSA) is 37.8 Å². The Balaban J connectivity index is 2.41. The van der Waals surface area contributed by atoms with E-state index < -0.39 is 0 Å². The summed E-state index contributed by atoms with van der Waals surface area (Å²) in [6.07, 6.45) is 3.86. The SMILES string of the molecule is CSCCNc1ccnc(C)n1. The molecule has 66 valence electrons. The van der Waals surface area contributed by atoms with Gasteiger partial charge in [0.1, 0.15) is 11.6 Å². The van der Waals surface area contributed by atoms with Crippen molar-refractivity contribution in [1.82, 2.24) is 9.97 Å². The quantitative estimate of drug-likeness (QED) is 0.719. The second kappa shape index (κ2) is 4.98. The van der Waals surface area contributed by atoms with Crippen molar-refractivity contribution in [2.24, 2.45) is 0 Å². The Bertz CT molecular complexity index is 239. The molecular formula is C8H13N3S. The summed E-state index contributed by atoms with van der Waals surface area (Å²) in [5.74, 6) is 2.82. The van der Waals surface area contributed by atoms with Crippen molar-refractivity contribution < 1.29 is 0 Å². The maximum absolute atomic E-state index is 4.21. The summed E-state index contributed by atoms with van der Waals surface area (Å²) in [7, 11) is 0. The van der Waals surface area contributed by atoms with E-state index in [1.165, 1.54) is 0 Å². The Hall–Kier alpha value is -0.770. The third kappa shape index (κ3) is 3.09. The molecule has 0 aromatic carbocycles. The van der Waals surface area contributed by atoms with E-state index in [1.54, 1.807) is 6.20 Å². The van der Waals surface area contributed by atoms with E-state index in [2.05, 4.69) is 21.5 Å². The molecule has 0 spiro atoms. The van der Waals surface area contributed by atoms with Crippen LogP contribution in [0.25, 0.3) is 0 Å². The fraction of sp³-hybridized carbons (Fsp3) is 0.500. The van der Waals surface area contributed by atoms with E-state index in [1.807, 2.05) is 24.8 Å². The number of aryl methyl sites for hydroxylation is 1. The Labute approximate surface area is 77.0 Å². The molecule has 0 saturated carbocycles. The van der Waals surface area contributed by atoms with Crippen molar-refractivity contribution in [3.8, 4) is 0 Å². The summed E-state index contributed by atoms with van der Waals surface area (Å²) in [6, 6.07) is 1.88. The normalized spacial score (nSPS) is 9.83. The van der Waals surface area contributed by atoms with Gasteiger partial charge in [0, 0.05) is 18.5 Å². The van der Waals surface area contributed by atoms with Crippen molar-refractivity contribution in [1.29, 1.82) is 0 Å².